The molecule has 1 rings (SSSR count). The van der Waals surface area contributed by atoms with Crippen molar-refractivity contribution in [2.24, 2.45) is 0 Å². The van der Waals surface area contributed by atoms with Crippen LogP contribution in [0.2, 0.25) is 0 Å². The summed E-state index contributed by atoms with van der Waals surface area (Å²) in [5.41, 5.74) is -0.223. The van der Waals surface area contributed by atoms with E-state index in [4.69, 9.17) is 17.0 Å². The van der Waals surface area contributed by atoms with E-state index in [1.165, 1.54) is 25.4 Å². The van der Waals surface area contributed by atoms with E-state index < -0.39 is 4.92 Å². The minimum Gasteiger partial charge on any atom is -0.476 e. The van der Waals surface area contributed by atoms with Crippen molar-refractivity contribution < 1.29 is 9.66 Å². The van der Waals surface area contributed by atoms with E-state index in [1.807, 2.05) is 6.92 Å². The molecule has 0 aliphatic heterocycles. The van der Waals surface area contributed by atoms with Crippen LogP contribution in [0.25, 0.3) is 0 Å². The SMILES string of the molecule is CCSN(C)C(=S)c1ncnc(OC)c1[N+](=O)[O-]. The topological polar surface area (TPSA) is 81.4 Å². The van der Waals surface area contributed by atoms with Crippen LogP contribution in [-0.2, 0) is 0 Å². The molecule has 0 spiro atoms. The molecule has 0 N–H and O–H groups in total. The molecule has 1 aromatic rings. The second-order valence-electron chi connectivity index (χ2n) is 3.06. The fourth-order valence-electron chi connectivity index (χ4n) is 1.23. The van der Waals surface area contributed by atoms with E-state index in [0.29, 0.717) is 0 Å². The summed E-state index contributed by atoms with van der Waals surface area (Å²) in [6.07, 6.45) is 1.19. The summed E-state index contributed by atoms with van der Waals surface area (Å²) < 4.78 is 6.52. The third-order valence-electron chi connectivity index (χ3n) is 1.98. The summed E-state index contributed by atoms with van der Waals surface area (Å²) in [5.74, 6) is 0.703. The van der Waals surface area contributed by atoms with Gasteiger partial charge < -0.3 is 9.04 Å². The first-order valence-electron chi connectivity index (χ1n) is 4.97. The molecule has 1 aromatic heterocycles. The van der Waals surface area contributed by atoms with Crippen LogP contribution in [0, 0.1) is 10.1 Å². The Morgan fingerprint density at radius 1 is 1.67 bits per heavy atom. The van der Waals surface area contributed by atoms with Gasteiger partial charge in [-0.05, 0) is 11.9 Å². The highest BCUT2D eigenvalue weighted by Crippen LogP contribution is 2.28. The fourth-order valence-corrected chi connectivity index (χ4v) is 2.13. The Morgan fingerprint density at radius 2 is 2.33 bits per heavy atom. The number of aromatic nitrogens is 2. The quantitative estimate of drug-likeness (QED) is 0.350. The molecular weight excluding hydrogens is 276 g/mol. The monoisotopic (exact) mass is 288 g/mol. The van der Waals surface area contributed by atoms with Gasteiger partial charge in [0.2, 0.25) is 0 Å². The molecule has 18 heavy (non-hydrogen) atoms. The lowest BCUT2D eigenvalue weighted by molar-refractivity contribution is -0.386. The van der Waals surface area contributed by atoms with Crippen LogP contribution in [0.1, 0.15) is 12.6 Å². The van der Waals surface area contributed by atoms with E-state index in [9.17, 15) is 10.1 Å². The Kier molecular flexibility index (Phi) is 5.23. The number of ether oxygens (including phenoxy) is 1. The minimum atomic E-state index is -0.592. The van der Waals surface area contributed by atoms with Crippen molar-refractivity contribution in [3.63, 3.8) is 0 Å². The Hall–Kier alpha value is -1.48. The molecule has 0 amide bonds. The average molecular weight is 288 g/mol. The van der Waals surface area contributed by atoms with Gasteiger partial charge in [-0.1, -0.05) is 19.1 Å². The predicted molar refractivity (Wildman–Crippen MR) is 72.8 cm³/mol. The number of methoxy groups -OCH3 is 1. The lowest BCUT2D eigenvalue weighted by atomic mass is 10.3. The van der Waals surface area contributed by atoms with Gasteiger partial charge in [-0.2, -0.15) is 4.98 Å². The zero-order chi connectivity index (χ0) is 13.7. The summed E-state index contributed by atoms with van der Waals surface area (Å²) in [7, 11) is 3.04. The summed E-state index contributed by atoms with van der Waals surface area (Å²) in [6, 6.07) is 0. The maximum atomic E-state index is 11.0. The molecule has 0 unspecified atom stereocenters. The summed E-state index contributed by atoms with van der Waals surface area (Å²) in [6.45, 7) is 1.96. The van der Waals surface area contributed by atoms with E-state index in [-0.39, 0.29) is 22.2 Å². The maximum absolute atomic E-state index is 11.0. The van der Waals surface area contributed by atoms with Crippen LogP contribution < -0.4 is 4.74 Å². The van der Waals surface area contributed by atoms with Crippen molar-refractivity contribution in [1.29, 1.82) is 0 Å². The normalized spacial score (nSPS) is 9.94. The molecule has 0 saturated heterocycles. The van der Waals surface area contributed by atoms with E-state index in [1.54, 1.807) is 11.4 Å². The van der Waals surface area contributed by atoms with Crippen LogP contribution in [0.4, 0.5) is 5.69 Å². The minimum absolute atomic E-state index is 0.0882. The lowest BCUT2D eigenvalue weighted by Crippen LogP contribution is -2.21. The Labute approximate surface area is 114 Å². The molecule has 0 aliphatic carbocycles. The Balaban J connectivity index is 3.23. The highest BCUT2D eigenvalue weighted by atomic mass is 32.2. The molecule has 0 aromatic carbocycles. The van der Waals surface area contributed by atoms with Gasteiger partial charge in [-0.15, -0.1) is 0 Å². The molecular formula is C9H12N4O3S2. The van der Waals surface area contributed by atoms with Crippen molar-refractivity contribution in [2.45, 2.75) is 6.92 Å². The number of rotatable bonds is 5. The van der Waals surface area contributed by atoms with Gasteiger partial charge in [0.1, 0.15) is 11.3 Å². The largest absolute Gasteiger partial charge is 0.476 e. The molecule has 0 fully saturated rings. The Morgan fingerprint density at radius 3 is 2.83 bits per heavy atom. The van der Waals surface area contributed by atoms with E-state index in [0.717, 1.165) is 5.75 Å². The first-order chi connectivity index (χ1) is 8.52. The molecule has 0 atom stereocenters. The van der Waals surface area contributed by atoms with Crippen LogP contribution >= 0.6 is 24.2 Å². The van der Waals surface area contributed by atoms with E-state index >= 15 is 0 Å². The predicted octanol–water partition coefficient (Wildman–Crippen LogP) is 1.67. The van der Waals surface area contributed by atoms with Crippen LogP contribution in [0.15, 0.2) is 6.33 Å². The number of nitro groups is 1. The zero-order valence-corrected chi connectivity index (χ0v) is 11.7. The molecule has 0 aliphatic rings. The smallest absolute Gasteiger partial charge is 0.359 e. The third-order valence-corrected chi connectivity index (χ3v) is 3.39. The standard InChI is InChI=1S/C9H12N4O3S2/c1-4-18-12(2)9(17)6-7(13(14)15)8(16-3)11-5-10-6/h5H,4H2,1-3H3. The van der Waals surface area contributed by atoms with Crippen LogP contribution in [0.3, 0.4) is 0 Å². The number of hydrogen-bond acceptors (Lipinski definition) is 7. The van der Waals surface area contributed by atoms with Gasteiger partial charge in [0, 0.05) is 12.8 Å². The van der Waals surface area contributed by atoms with E-state index in [2.05, 4.69) is 9.97 Å². The zero-order valence-electron chi connectivity index (χ0n) is 10.1. The van der Waals surface area contributed by atoms with Crippen molar-refractivity contribution >= 4 is 34.8 Å². The first-order valence-corrected chi connectivity index (χ1v) is 6.32. The van der Waals surface area contributed by atoms with Gasteiger partial charge in [-0.3, -0.25) is 10.1 Å². The van der Waals surface area contributed by atoms with Gasteiger partial charge in [0.05, 0.1) is 12.0 Å². The summed E-state index contributed by atoms with van der Waals surface area (Å²) in [5, 5.41) is 11.0. The van der Waals surface area contributed by atoms with Gasteiger partial charge in [0.25, 0.3) is 5.88 Å². The highest BCUT2D eigenvalue weighted by molar-refractivity contribution is 7.98. The molecule has 0 radical (unpaired) electrons. The second kappa shape index (κ2) is 6.45. The molecule has 9 heteroatoms. The number of nitrogens with zero attached hydrogens (tertiary/aromatic N) is 4. The number of hydrogen-bond donors (Lipinski definition) is 0. The van der Waals surface area contributed by atoms with Crippen molar-refractivity contribution in [3.8, 4) is 5.88 Å². The molecule has 1 heterocycles. The second-order valence-corrected chi connectivity index (χ2v) is 4.83. The average Bonchev–Trinajstić information content (AvgIpc) is 2.36. The van der Waals surface area contributed by atoms with Crippen LogP contribution in [0.5, 0.6) is 5.88 Å². The molecule has 98 valence electrons. The highest BCUT2D eigenvalue weighted by Gasteiger charge is 2.27. The fraction of sp³-hybridized carbons (Fsp3) is 0.444. The van der Waals surface area contributed by atoms with Gasteiger partial charge in [0.15, 0.2) is 5.69 Å². The number of thiocarbonyl (C=S) groups is 1. The van der Waals surface area contributed by atoms with Crippen molar-refractivity contribution in [2.75, 3.05) is 19.9 Å². The van der Waals surface area contributed by atoms with Crippen LogP contribution in [-0.4, -0.2) is 44.1 Å². The van der Waals surface area contributed by atoms with Crippen molar-refractivity contribution in [3.05, 3.63) is 22.1 Å². The summed E-state index contributed by atoms with van der Waals surface area (Å²) >= 11 is 6.61. The lowest BCUT2D eigenvalue weighted by Gasteiger charge is -2.17. The molecule has 0 bridgehead atoms. The first kappa shape index (κ1) is 14.6. The maximum Gasteiger partial charge on any atom is 0.359 e. The Bertz CT molecular complexity index is 469. The van der Waals surface area contributed by atoms with Crippen molar-refractivity contribution in [1.82, 2.24) is 14.3 Å². The molecule has 7 nitrogen and oxygen atoms in total. The molecule has 0 saturated carbocycles. The van der Waals surface area contributed by atoms with Gasteiger partial charge in [-0.25, -0.2) is 4.98 Å². The van der Waals surface area contributed by atoms with Gasteiger partial charge >= 0.3 is 5.69 Å². The third kappa shape index (κ3) is 3.05. The summed E-state index contributed by atoms with van der Waals surface area (Å²) in [4.78, 5) is 18.3.